The van der Waals surface area contributed by atoms with Crippen LogP contribution < -0.4 is 0 Å². The average Bonchev–Trinajstić information content (AvgIpc) is 2.35. The van der Waals surface area contributed by atoms with Gasteiger partial charge in [0.25, 0.3) is 0 Å². The third-order valence-electron chi connectivity index (χ3n) is 5.66. The van der Waals surface area contributed by atoms with Gasteiger partial charge in [-0.15, -0.1) is 0 Å². The van der Waals surface area contributed by atoms with Crippen LogP contribution in [0.5, 0.6) is 0 Å². The molecule has 0 aromatic carbocycles. The number of halogens is 3. The van der Waals surface area contributed by atoms with Crippen LogP contribution in [0, 0.1) is 24.7 Å². The minimum Gasteiger partial charge on any atom is -0.238 e. The summed E-state index contributed by atoms with van der Waals surface area (Å²) < 4.78 is 39.1. The fourth-order valence-corrected chi connectivity index (χ4v) is 5.34. The van der Waals surface area contributed by atoms with Crippen LogP contribution in [0.1, 0.15) is 55.7 Å². The second-order valence-electron chi connectivity index (χ2n) is 7.41. The van der Waals surface area contributed by atoms with Crippen molar-refractivity contribution >= 4 is 0 Å². The Morgan fingerprint density at radius 2 is 1.52 bits per heavy atom. The Bertz CT molecular complexity index is 544. The van der Waals surface area contributed by atoms with E-state index >= 15 is 0 Å². The first-order chi connectivity index (χ1) is 9.84. The van der Waals surface area contributed by atoms with Crippen molar-refractivity contribution in [1.29, 1.82) is 0 Å². The molecule has 0 spiro atoms. The normalized spacial score (nSPS) is 38.0. The molecular formula is C16H19F3N2. The van der Waals surface area contributed by atoms with Gasteiger partial charge in [-0.2, -0.15) is 13.2 Å². The molecule has 4 aliphatic carbocycles. The van der Waals surface area contributed by atoms with E-state index < -0.39 is 11.9 Å². The van der Waals surface area contributed by atoms with Crippen molar-refractivity contribution in [3.63, 3.8) is 0 Å². The monoisotopic (exact) mass is 296 g/mol. The first-order valence-electron chi connectivity index (χ1n) is 7.77. The van der Waals surface area contributed by atoms with Crippen LogP contribution >= 0.6 is 0 Å². The van der Waals surface area contributed by atoms with Crippen LogP contribution in [0.4, 0.5) is 13.2 Å². The molecule has 1 heterocycles. The highest BCUT2D eigenvalue weighted by Crippen LogP contribution is 2.60. The SMILES string of the molecule is Cc1cc(C(F)(F)F)nc(C23CC4CC(CC(C4)C2)C3)n1. The van der Waals surface area contributed by atoms with Gasteiger partial charge in [0.05, 0.1) is 0 Å². The van der Waals surface area contributed by atoms with E-state index in [1.807, 2.05) is 0 Å². The summed E-state index contributed by atoms with van der Waals surface area (Å²) >= 11 is 0. The summed E-state index contributed by atoms with van der Waals surface area (Å²) in [5.41, 5.74) is -0.523. The Hall–Kier alpha value is -1.13. The molecule has 0 saturated heterocycles. The summed E-state index contributed by atoms with van der Waals surface area (Å²) in [7, 11) is 0. The fourth-order valence-electron chi connectivity index (χ4n) is 5.34. The first-order valence-corrected chi connectivity index (χ1v) is 7.77. The second-order valence-corrected chi connectivity index (χ2v) is 7.41. The van der Waals surface area contributed by atoms with Crippen molar-refractivity contribution in [3.05, 3.63) is 23.3 Å². The van der Waals surface area contributed by atoms with Crippen molar-refractivity contribution in [2.45, 2.75) is 57.0 Å². The molecule has 4 saturated carbocycles. The molecule has 1 aromatic rings. The van der Waals surface area contributed by atoms with Crippen LogP contribution in [-0.2, 0) is 11.6 Å². The third kappa shape index (κ3) is 2.16. The van der Waals surface area contributed by atoms with E-state index in [4.69, 9.17) is 0 Å². The largest absolute Gasteiger partial charge is 0.433 e. The van der Waals surface area contributed by atoms with E-state index in [1.54, 1.807) is 6.92 Å². The van der Waals surface area contributed by atoms with E-state index in [9.17, 15) is 13.2 Å². The molecule has 0 atom stereocenters. The van der Waals surface area contributed by atoms with E-state index in [0.717, 1.165) is 25.3 Å². The lowest BCUT2D eigenvalue weighted by Crippen LogP contribution is -2.49. The lowest BCUT2D eigenvalue weighted by Gasteiger charge is -2.56. The lowest BCUT2D eigenvalue weighted by molar-refractivity contribution is -0.141. The van der Waals surface area contributed by atoms with Crippen LogP contribution in [0.25, 0.3) is 0 Å². The Balaban J connectivity index is 1.78. The molecule has 4 aliphatic rings. The maximum Gasteiger partial charge on any atom is 0.433 e. The minimum absolute atomic E-state index is 0.180. The Morgan fingerprint density at radius 1 is 1.00 bits per heavy atom. The zero-order chi connectivity index (χ0) is 14.8. The molecule has 0 radical (unpaired) electrons. The minimum atomic E-state index is -4.38. The molecule has 0 aliphatic heterocycles. The fraction of sp³-hybridized carbons (Fsp3) is 0.750. The van der Waals surface area contributed by atoms with Gasteiger partial charge in [-0.05, 0) is 69.3 Å². The van der Waals surface area contributed by atoms with Crippen LogP contribution in [-0.4, -0.2) is 9.97 Å². The average molecular weight is 296 g/mol. The number of alkyl halides is 3. The van der Waals surface area contributed by atoms with Crippen LogP contribution in [0.2, 0.25) is 0 Å². The lowest BCUT2D eigenvalue weighted by atomic mass is 9.49. The predicted molar refractivity (Wildman–Crippen MR) is 71.6 cm³/mol. The Morgan fingerprint density at radius 3 is 2.00 bits per heavy atom. The van der Waals surface area contributed by atoms with Crippen LogP contribution in [0.15, 0.2) is 6.07 Å². The standard InChI is InChI=1S/C16H19F3N2/c1-9-2-13(16(17,18)19)21-14(20-9)15-6-10-3-11(7-15)5-12(4-10)8-15/h2,10-12H,3-8H2,1H3. The highest BCUT2D eigenvalue weighted by molar-refractivity contribution is 5.22. The zero-order valence-electron chi connectivity index (χ0n) is 12.1. The molecule has 4 fully saturated rings. The number of aryl methyl sites for hydroxylation is 1. The molecular weight excluding hydrogens is 277 g/mol. The van der Waals surface area contributed by atoms with Gasteiger partial charge in [0.2, 0.25) is 0 Å². The number of nitrogens with zero attached hydrogens (tertiary/aromatic N) is 2. The summed E-state index contributed by atoms with van der Waals surface area (Å²) in [6, 6.07) is 1.06. The van der Waals surface area contributed by atoms with E-state index in [-0.39, 0.29) is 5.41 Å². The van der Waals surface area contributed by atoms with Gasteiger partial charge in [-0.3, -0.25) is 0 Å². The third-order valence-corrected chi connectivity index (χ3v) is 5.66. The van der Waals surface area contributed by atoms with E-state index in [2.05, 4.69) is 9.97 Å². The number of hydrogen-bond donors (Lipinski definition) is 0. The maximum atomic E-state index is 13.0. The Labute approximate surface area is 122 Å². The summed E-state index contributed by atoms with van der Waals surface area (Å²) in [6.07, 6.45) is 2.36. The molecule has 21 heavy (non-hydrogen) atoms. The smallest absolute Gasteiger partial charge is 0.238 e. The van der Waals surface area contributed by atoms with Crippen LogP contribution in [0.3, 0.4) is 0 Å². The topological polar surface area (TPSA) is 25.8 Å². The number of hydrogen-bond acceptors (Lipinski definition) is 2. The van der Waals surface area contributed by atoms with Gasteiger partial charge in [0.15, 0.2) is 0 Å². The van der Waals surface area contributed by atoms with Gasteiger partial charge in [0, 0.05) is 11.1 Å². The molecule has 0 N–H and O–H groups in total. The molecule has 2 nitrogen and oxygen atoms in total. The van der Waals surface area contributed by atoms with Crippen molar-refractivity contribution in [2.75, 3.05) is 0 Å². The summed E-state index contributed by atoms with van der Waals surface area (Å²) in [5, 5.41) is 0. The van der Waals surface area contributed by atoms with Crippen molar-refractivity contribution in [1.82, 2.24) is 9.97 Å². The number of aromatic nitrogens is 2. The summed E-state index contributed by atoms with van der Waals surface area (Å²) in [4.78, 5) is 8.38. The molecule has 0 amide bonds. The van der Waals surface area contributed by atoms with Gasteiger partial charge in [-0.1, -0.05) is 0 Å². The highest BCUT2D eigenvalue weighted by Gasteiger charge is 2.53. The molecule has 114 valence electrons. The van der Waals surface area contributed by atoms with Crippen molar-refractivity contribution < 1.29 is 13.2 Å². The maximum absolute atomic E-state index is 13.0. The zero-order valence-corrected chi connectivity index (χ0v) is 12.1. The molecule has 1 aromatic heterocycles. The quantitative estimate of drug-likeness (QED) is 0.773. The molecule has 0 unspecified atom stereocenters. The van der Waals surface area contributed by atoms with Gasteiger partial charge < -0.3 is 0 Å². The Kier molecular flexibility index (Phi) is 2.71. The summed E-state index contributed by atoms with van der Waals surface area (Å²) in [6.45, 7) is 1.64. The van der Waals surface area contributed by atoms with Gasteiger partial charge >= 0.3 is 6.18 Å². The van der Waals surface area contributed by atoms with Crippen molar-refractivity contribution in [2.24, 2.45) is 17.8 Å². The van der Waals surface area contributed by atoms with Gasteiger partial charge in [-0.25, -0.2) is 9.97 Å². The molecule has 4 bridgehead atoms. The van der Waals surface area contributed by atoms with Gasteiger partial charge in [0.1, 0.15) is 11.5 Å². The predicted octanol–water partition coefficient (Wildman–Crippen LogP) is 4.27. The second kappa shape index (κ2) is 4.20. The van der Waals surface area contributed by atoms with E-state index in [1.165, 1.54) is 19.3 Å². The summed E-state index contributed by atoms with van der Waals surface area (Å²) in [5.74, 6) is 2.49. The van der Waals surface area contributed by atoms with E-state index in [0.29, 0.717) is 29.3 Å². The first kappa shape index (κ1) is 13.5. The number of rotatable bonds is 1. The highest BCUT2D eigenvalue weighted by atomic mass is 19.4. The van der Waals surface area contributed by atoms with Crippen molar-refractivity contribution in [3.8, 4) is 0 Å². The molecule has 5 heteroatoms. The molecule has 5 rings (SSSR count).